The highest BCUT2D eigenvalue weighted by Crippen LogP contribution is 2.24. The standard InChI is InChI=1S/C10H12ClNO2/c1-7-3-4-8(9(5-7)14-2)12-10(13)6-11/h3-5H,6H2,1-2H3,(H,12,13). The van der Waals surface area contributed by atoms with Crippen LogP contribution in [0.2, 0.25) is 0 Å². The van der Waals surface area contributed by atoms with Crippen LogP contribution in [-0.2, 0) is 4.79 Å². The van der Waals surface area contributed by atoms with E-state index < -0.39 is 0 Å². The largest absolute Gasteiger partial charge is 0.495 e. The molecule has 3 nitrogen and oxygen atoms in total. The number of alkyl halides is 1. The van der Waals surface area contributed by atoms with E-state index in [4.69, 9.17) is 16.3 Å². The van der Waals surface area contributed by atoms with Crippen molar-refractivity contribution in [2.75, 3.05) is 18.3 Å². The average molecular weight is 214 g/mol. The molecule has 0 aliphatic heterocycles. The molecule has 1 rings (SSSR count). The molecule has 1 N–H and O–H groups in total. The number of carbonyl (C=O) groups excluding carboxylic acids is 1. The number of hydrogen-bond donors (Lipinski definition) is 1. The lowest BCUT2D eigenvalue weighted by Gasteiger charge is -2.09. The fourth-order valence-corrected chi connectivity index (χ4v) is 1.15. The van der Waals surface area contributed by atoms with Gasteiger partial charge in [0.05, 0.1) is 12.8 Å². The average Bonchev–Trinajstić information content (AvgIpc) is 2.20. The third-order valence-corrected chi connectivity index (χ3v) is 2.00. The monoisotopic (exact) mass is 213 g/mol. The number of rotatable bonds is 3. The van der Waals surface area contributed by atoms with Crippen LogP contribution in [0.3, 0.4) is 0 Å². The van der Waals surface area contributed by atoms with Crippen molar-refractivity contribution in [2.24, 2.45) is 0 Å². The van der Waals surface area contributed by atoms with Crippen molar-refractivity contribution in [1.82, 2.24) is 0 Å². The third kappa shape index (κ3) is 2.64. The van der Waals surface area contributed by atoms with Gasteiger partial charge < -0.3 is 10.1 Å². The van der Waals surface area contributed by atoms with E-state index in [0.29, 0.717) is 11.4 Å². The van der Waals surface area contributed by atoms with Crippen molar-refractivity contribution in [3.63, 3.8) is 0 Å². The van der Waals surface area contributed by atoms with Gasteiger partial charge in [0.2, 0.25) is 5.91 Å². The quantitative estimate of drug-likeness (QED) is 0.782. The number of nitrogens with one attached hydrogen (secondary N) is 1. The molecule has 0 saturated heterocycles. The van der Waals surface area contributed by atoms with E-state index in [1.807, 2.05) is 19.1 Å². The van der Waals surface area contributed by atoms with Gasteiger partial charge in [-0.2, -0.15) is 0 Å². The minimum Gasteiger partial charge on any atom is -0.495 e. The van der Waals surface area contributed by atoms with E-state index in [1.54, 1.807) is 13.2 Å². The third-order valence-electron chi connectivity index (χ3n) is 1.75. The normalized spacial score (nSPS) is 9.64. The predicted octanol–water partition coefficient (Wildman–Crippen LogP) is 2.18. The summed E-state index contributed by atoms with van der Waals surface area (Å²) >= 11 is 5.38. The Morgan fingerprint density at radius 2 is 2.29 bits per heavy atom. The maximum Gasteiger partial charge on any atom is 0.239 e. The Bertz CT molecular complexity index is 339. The van der Waals surface area contributed by atoms with Gasteiger partial charge >= 0.3 is 0 Å². The highest BCUT2D eigenvalue weighted by molar-refractivity contribution is 6.29. The lowest BCUT2D eigenvalue weighted by atomic mass is 10.2. The SMILES string of the molecule is COc1cc(C)ccc1NC(=O)CCl. The molecule has 0 unspecified atom stereocenters. The minimum atomic E-state index is -0.242. The molecule has 4 heteroatoms. The number of amides is 1. The van der Waals surface area contributed by atoms with Gasteiger partial charge in [0.1, 0.15) is 11.6 Å². The summed E-state index contributed by atoms with van der Waals surface area (Å²) < 4.78 is 5.11. The van der Waals surface area contributed by atoms with Gasteiger partial charge in [0.25, 0.3) is 0 Å². The van der Waals surface area contributed by atoms with Crippen molar-refractivity contribution in [2.45, 2.75) is 6.92 Å². The summed E-state index contributed by atoms with van der Waals surface area (Å²) in [7, 11) is 1.56. The Morgan fingerprint density at radius 1 is 1.57 bits per heavy atom. The molecule has 0 heterocycles. The fourth-order valence-electron chi connectivity index (χ4n) is 1.09. The molecule has 0 saturated carbocycles. The molecule has 0 aliphatic carbocycles. The summed E-state index contributed by atoms with van der Waals surface area (Å²) in [4.78, 5) is 11.0. The summed E-state index contributed by atoms with van der Waals surface area (Å²) in [5.74, 6) is 0.342. The highest BCUT2D eigenvalue weighted by Gasteiger charge is 2.05. The van der Waals surface area contributed by atoms with Crippen LogP contribution in [0.25, 0.3) is 0 Å². The van der Waals surface area contributed by atoms with Gasteiger partial charge in [-0.05, 0) is 24.6 Å². The molecule has 76 valence electrons. The van der Waals surface area contributed by atoms with E-state index in [0.717, 1.165) is 5.56 Å². The highest BCUT2D eigenvalue weighted by atomic mass is 35.5. The number of aryl methyl sites for hydroxylation is 1. The topological polar surface area (TPSA) is 38.3 Å². The second-order valence-corrected chi connectivity index (χ2v) is 3.15. The molecule has 14 heavy (non-hydrogen) atoms. The van der Waals surface area contributed by atoms with Crippen LogP contribution >= 0.6 is 11.6 Å². The van der Waals surface area contributed by atoms with Crippen molar-refractivity contribution >= 4 is 23.2 Å². The number of methoxy groups -OCH3 is 1. The number of ether oxygens (including phenoxy) is 1. The van der Waals surface area contributed by atoms with Gasteiger partial charge in [0.15, 0.2) is 0 Å². The Hall–Kier alpha value is -1.22. The van der Waals surface area contributed by atoms with E-state index in [2.05, 4.69) is 5.32 Å². The predicted molar refractivity (Wildman–Crippen MR) is 57.1 cm³/mol. The van der Waals surface area contributed by atoms with Crippen molar-refractivity contribution < 1.29 is 9.53 Å². The molecule has 1 amide bonds. The van der Waals surface area contributed by atoms with Crippen LogP contribution in [-0.4, -0.2) is 18.9 Å². The smallest absolute Gasteiger partial charge is 0.239 e. The molecular weight excluding hydrogens is 202 g/mol. The van der Waals surface area contributed by atoms with Crippen LogP contribution in [0, 0.1) is 6.92 Å². The molecule has 0 aromatic heterocycles. The first-order valence-corrected chi connectivity index (χ1v) is 4.71. The van der Waals surface area contributed by atoms with E-state index in [9.17, 15) is 4.79 Å². The van der Waals surface area contributed by atoms with Crippen LogP contribution in [0.4, 0.5) is 5.69 Å². The lowest BCUT2D eigenvalue weighted by molar-refractivity contribution is -0.113. The van der Waals surface area contributed by atoms with Crippen LogP contribution in [0.5, 0.6) is 5.75 Å². The zero-order valence-corrected chi connectivity index (χ0v) is 8.89. The Balaban J connectivity index is 2.90. The van der Waals surface area contributed by atoms with Crippen molar-refractivity contribution in [1.29, 1.82) is 0 Å². The second kappa shape index (κ2) is 4.86. The van der Waals surface area contributed by atoms with E-state index in [-0.39, 0.29) is 11.8 Å². The Labute approximate surface area is 88.0 Å². The summed E-state index contributed by atoms with van der Waals surface area (Å²) in [6.45, 7) is 1.95. The lowest BCUT2D eigenvalue weighted by Crippen LogP contribution is -2.13. The molecule has 0 aliphatic rings. The first-order valence-electron chi connectivity index (χ1n) is 4.18. The maximum atomic E-state index is 11.0. The van der Waals surface area contributed by atoms with Crippen LogP contribution < -0.4 is 10.1 Å². The summed E-state index contributed by atoms with van der Waals surface area (Å²) in [6, 6.07) is 5.54. The van der Waals surface area contributed by atoms with Gasteiger partial charge in [-0.15, -0.1) is 11.6 Å². The summed E-state index contributed by atoms with van der Waals surface area (Å²) in [5, 5.41) is 2.64. The number of benzene rings is 1. The maximum absolute atomic E-state index is 11.0. The van der Waals surface area contributed by atoms with Gasteiger partial charge in [-0.3, -0.25) is 4.79 Å². The van der Waals surface area contributed by atoms with Crippen LogP contribution in [0.15, 0.2) is 18.2 Å². The van der Waals surface area contributed by atoms with Gasteiger partial charge in [-0.25, -0.2) is 0 Å². The number of hydrogen-bond acceptors (Lipinski definition) is 2. The van der Waals surface area contributed by atoms with E-state index in [1.165, 1.54) is 0 Å². The van der Waals surface area contributed by atoms with E-state index >= 15 is 0 Å². The first kappa shape index (κ1) is 10.9. The summed E-state index contributed by atoms with van der Waals surface area (Å²) in [5.41, 5.74) is 1.72. The van der Waals surface area contributed by atoms with Gasteiger partial charge in [-0.1, -0.05) is 6.07 Å². The Morgan fingerprint density at radius 3 is 2.86 bits per heavy atom. The fraction of sp³-hybridized carbons (Fsp3) is 0.300. The number of carbonyl (C=O) groups is 1. The minimum absolute atomic E-state index is 0.0585. The Kier molecular flexibility index (Phi) is 3.77. The molecule has 1 aromatic carbocycles. The summed E-state index contributed by atoms with van der Waals surface area (Å²) in [6.07, 6.45) is 0. The molecular formula is C10H12ClNO2. The molecule has 0 radical (unpaired) electrons. The van der Waals surface area contributed by atoms with Crippen molar-refractivity contribution in [3.8, 4) is 5.75 Å². The second-order valence-electron chi connectivity index (χ2n) is 2.89. The first-order chi connectivity index (χ1) is 6.67. The van der Waals surface area contributed by atoms with Crippen molar-refractivity contribution in [3.05, 3.63) is 23.8 Å². The molecule has 0 fully saturated rings. The number of anilines is 1. The molecule has 1 aromatic rings. The molecule has 0 spiro atoms. The number of halogens is 1. The molecule has 0 bridgehead atoms. The van der Waals surface area contributed by atoms with Gasteiger partial charge in [0, 0.05) is 0 Å². The zero-order chi connectivity index (χ0) is 10.6. The van der Waals surface area contributed by atoms with Crippen LogP contribution in [0.1, 0.15) is 5.56 Å². The molecule has 0 atom stereocenters. The zero-order valence-electron chi connectivity index (χ0n) is 8.13.